The van der Waals surface area contributed by atoms with E-state index in [9.17, 15) is 0 Å². The second-order valence-electron chi connectivity index (χ2n) is 3.47. The van der Waals surface area contributed by atoms with Crippen molar-refractivity contribution < 1.29 is 5.11 Å². The summed E-state index contributed by atoms with van der Waals surface area (Å²) < 4.78 is 1.93. The first-order valence-electron chi connectivity index (χ1n) is 4.79. The third kappa shape index (κ3) is 1.76. The Morgan fingerprint density at radius 1 is 1.27 bits per heavy atom. The molecule has 0 fully saturated rings. The number of pyridine rings is 1. The average Bonchev–Trinajstić information content (AvgIpc) is 2.60. The van der Waals surface area contributed by atoms with E-state index >= 15 is 0 Å². The fourth-order valence-electron chi connectivity index (χ4n) is 1.38. The summed E-state index contributed by atoms with van der Waals surface area (Å²) in [5, 5.41) is 8.90. The van der Waals surface area contributed by atoms with Crippen LogP contribution in [0.3, 0.4) is 0 Å². The van der Waals surface area contributed by atoms with Gasteiger partial charge in [0.15, 0.2) is 0 Å². The fraction of sp³-hybridized carbons (Fsp3) is 0.273. The summed E-state index contributed by atoms with van der Waals surface area (Å²) in [6.45, 7) is 3.99. The minimum atomic E-state index is 0.0230. The van der Waals surface area contributed by atoms with Crippen LogP contribution < -0.4 is 0 Å². The molecule has 78 valence electrons. The average molecular weight is 203 g/mol. The van der Waals surface area contributed by atoms with Gasteiger partial charge in [-0.15, -0.1) is 0 Å². The Morgan fingerprint density at radius 3 is 2.53 bits per heavy atom. The number of nitrogens with zero attached hydrogens (tertiary/aromatic N) is 3. The molecule has 4 nitrogen and oxygen atoms in total. The molecule has 15 heavy (non-hydrogen) atoms. The number of hydrogen-bond acceptors (Lipinski definition) is 3. The summed E-state index contributed by atoms with van der Waals surface area (Å²) in [7, 11) is 0. The van der Waals surface area contributed by atoms with Gasteiger partial charge >= 0.3 is 0 Å². The molecule has 0 saturated carbocycles. The Labute approximate surface area is 88.2 Å². The molecule has 4 heteroatoms. The van der Waals surface area contributed by atoms with Gasteiger partial charge in [-0.2, -0.15) is 0 Å². The second kappa shape index (κ2) is 3.82. The second-order valence-corrected chi connectivity index (χ2v) is 3.47. The molecule has 0 aromatic carbocycles. The molecule has 2 aromatic heterocycles. The molecule has 1 N–H and O–H groups in total. The molecule has 0 aliphatic carbocycles. The predicted octanol–water partition coefficient (Wildman–Crippen LogP) is 1.38. The van der Waals surface area contributed by atoms with Crippen molar-refractivity contribution in [1.29, 1.82) is 0 Å². The van der Waals surface area contributed by atoms with Gasteiger partial charge in [0, 0.05) is 11.9 Å². The van der Waals surface area contributed by atoms with Crippen molar-refractivity contribution in [1.82, 2.24) is 14.5 Å². The van der Waals surface area contributed by atoms with Crippen molar-refractivity contribution in [2.45, 2.75) is 20.5 Å². The third-order valence-electron chi connectivity index (χ3n) is 2.49. The molecule has 0 spiro atoms. The van der Waals surface area contributed by atoms with Gasteiger partial charge in [0.25, 0.3) is 0 Å². The van der Waals surface area contributed by atoms with Crippen LogP contribution in [0.25, 0.3) is 5.82 Å². The molecule has 0 aliphatic rings. The lowest BCUT2D eigenvalue weighted by atomic mass is 10.3. The standard InChI is InChI=1S/C11H13N3O/c1-8-9(2)14(7-13-8)11-4-3-10(6-15)5-12-11/h3-5,7,15H,6H2,1-2H3. The molecule has 0 saturated heterocycles. The lowest BCUT2D eigenvalue weighted by molar-refractivity contribution is 0.281. The zero-order valence-electron chi connectivity index (χ0n) is 8.81. The van der Waals surface area contributed by atoms with Crippen LogP contribution in [-0.4, -0.2) is 19.6 Å². The van der Waals surface area contributed by atoms with Crippen molar-refractivity contribution in [3.63, 3.8) is 0 Å². The highest BCUT2D eigenvalue weighted by molar-refractivity contribution is 5.29. The van der Waals surface area contributed by atoms with Crippen LogP contribution in [0.1, 0.15) is 17.0 Å². The fourth-order valence-corrected chi connectivity index (χ4v) is 1.38. The normalized spacial score (nSPS) is 10.6. The molecule has 0 amide bonds. The Bertz CT molecular complexity index is 459. The van der Waals surface area contributed by atoms with Gasteiger partial charge in [-0.3, -0.25) is 4.57 Å². The molecular formula is C11H13N3O. The number of hydrogen-bond donors (Lipinski definition) is 1. The van der Waals surface area contributed by atoms with Gasteiger partial charge in [0.2, 0.25) is 0 Å². The highest BCUT2D eigenvalue weighted by Gasteiger charge is 2.04. The van der Waals surface area contributed by atoms with Gasteiger partial charge in [-0.05, 0) is 25.5 Å². The van der Waals surface area contributed by atoms with E-state index in [-0.39, 0.29) is 6.61 Å². The van der Waals surface area contributed by atoms with Crippen molar-refractivity contribution in [3.05, 3.63) is 41.6 Å². The number of aromatic nitrogens is 3. The SMILES string of the molecule is Cc1ncn(-c2ccc(CO)cn2)c1C. The summed E-state index contributed by atoms with van der Waals surface area (Å²) >= 11 is 0. The topological polar surface area (TPSA) is 50.9 Å². The first kappa shape index (κ1) is 9.86. The smallest absolute Gasteiger partial charge is 0.138 e. The molecule has 0 radical (unpaired) electrons. The lowest BCUT2D eigenvalue weighted by Crippen LogP contribution is -1.99. The number of aryl methyl sites for hydroxylation is 1. The van der Waals surface area contributed by atoms with Crippen molar-refractivity contribution >= 4 is 0 Å². The van der Waals surface area contributed by atoms with Crippen LogP contribution in [0.5, 0.6) is 0 Å². The van der Waals surface area contributed by atoms with Crippen molar-refractivity contribution in [2.75, 3.05) is 0 Å². The van der Waals surface area contributed by atoms with E-state index in [2.05, 4.69) is 9.97 Å². The maximum atomic E-state index is 8.90. The van der Waals surface area contributed by atoms with Crippen LogP contribution in [0, 0.1) is 13.8 Å². The minimum Gasteiger partial charge on any atom is -0.392 e. The van der Waals surface area contributed by atoms with Crippen molar-refractivity contribution in [2.24, 2.45) is 0 Å². The Hall–Kier alpha value is -1.68. The van der Waals surface area contributed by atoms with E-state index in [0.717, 1.165) is 22.8 Å². The van der Waals surface area contributed by atoms with Crippen LogP contribution in [0.2, 0.25) is 0 Å². The molecule has 0 aliphatic heterocycles. The van der Waals surface area contributed by atoms with E-state index in [1.165, 1.54) is 0 Å². The predicted molar refractivity (Wildman–Crippen MR) is 56.8 cm³/mol. The van der Waals surface area contributed by atoms with Crippen LogP contribution in [0.15, 0.2) is 24.7 Å². The first-order chi connectivity index (χ1) is 7.22. The largest absolute Gasteiger partial charge is 0.392 e. The van der Waals surface area contributed by atoms with E-state index in [0.29, 0.717) is 0 Å². The van der Waals surface area contributed by atoms with Gasteiger partial charge < -0.3 is 5.11 Å². The molecular weight excluding hydrogens is 190 g/mol. The third-order valence-corrected chi connectivity index (χ3v) is 2.49. The summed E-state index contributed by atoms with van der Waals surface area (Å²) in [5.41, 5.74) is 2.90. The zero-order chi connectivity index (χ0) is 10.8. The molecule has 0 bridgehead atoms. The van der Waals surface area contributed by atoms with Crippen molar-refractivity contribution in [3.8, 4) is 5.82 Å². The number of aliphatic hydroxyl groups is 1. The van der Waals surface area contributed by atoms with E-state index in [4.69, 9.17) is 5.11 Å². The van der Waals surface area contributed by atoms with Crippen LogP contribution in [-0.2, 0) is 6.61 Å². The van der Waals surface area contributed by atoms with E-state index < -0.39 is 0 Å². The van der Waals surface area contributed by atoms with Gasteiger partial charge in [0.05, 0.1) is 12.3 Å². The molecule has 0 atom stereocenters. The number of imidazole rings is 1. The molecule has 2 rings (SSSR count). The Balaban J connectivity index is 2.41. The van der Waals surface area contributed by atoms with Gasteiger partial charge in [-0.25, -0.2) is 9.97 Å². The zero-order valence-corrected chi connectivity index (χ0v) is 8.81. The highest BCUT2D eigenvalue weighted by atomic mass is 16.3. The quantitative estimate of drug-likeness (QED) is 0.802. The lowest BCUT2D eigenvalue weighted by Gasteiger charge is -2.04. The number of rotatable bonds is 2. The maximum Gasteiger partial charge on any atom is 0.138 e. The Kier molecular flexibility index (Phi) is 2.51. The maximum absolute atomic E-state index is 8.90. The number of aliphatic hydroxyl groups excluding tert-OH is 1. The summed E-state index contributed by atoms with van der Waals surface area (Å²) in [5.74, 6) is 0.824. The molecule has 0 unspecified atom stereocenters. The van der Waals surface area contributed by atoms with Gasteiger partial charge in [-0.1, -0.05) is 6.07 Å². The highest BCUT2D eigenvalue weighted by Crippen LogP contribution is 2.11. The van der Waals surface area contributed by atoms with E-state index in [1.54, 1.807) is 12.5 Å². The van der Waals surface area contributed by atoms with Crippen LogP contribution >= 0.6 is 0 Å². The van der Waals surface area contributed by atoms with E-state index in [1.807, 2.05) is 30.5 Å². The molecule has 2 aromatic rings. The Morgan fingerprint density at radius 2 is 2.07 bits per heavy atom. The summed E-state index contributed by atoms with van der Waals surface area (Å²) in [4.78, 5) is 8.47. The monoisotopic (exact) mass is 203 g/mol. The first-order valence-corrected chi connectivity index (χ1v) is 4.79. The summed E-state index contributed by atoms with van der Waals surface area (Å²) in [6, 6.07) is 3.73. The van der Waals surface area contributed by atoms with Gasteiger partial charge in [0.1, 0.15) is 12.1 Å². The minimum absolute atomic E-state index is 0.0230. The summed E-state index contributed by atoms with van der Waals surface area (Å²) in [6.07, 6.45) is 3.43. The molecule has 2 heterocycles. The van der Waals surface area contributed by atoms with Crippen LogP contribution in [0.4, 0.5) is 0 Å².